The fraction of sp³-hybridized carbons (Fsp3) is 0.107. The highest BCUT2D eigenvalue weighted by atomic mass is 16.5. The quantitative estimate of drug-likeness (QED) is 0.313. The molecule has 0 aliphatic carbocycles. The molecule has 8 heteroatoms. The van der Waals surface area contributed by atoms with E-state index in [0.717, 1.165) is 22.2 Å². The zero-order valence-corrected chi connectivity index (χ0v) is 19.4. The maximum Gasteiger partial charge on any atom is 0.335 e. The molecule has 5 rings (SSSR count). The van der Waals surface area contributed by atoms with Gasteiger partial charge in [0.05, 0.1) is 35.3 Å². The van der Waals surface area contributed by atoms with Crippen LogP contribution in [0.4, 0.5) is 0 Å². The SMILES string of the molecule is C[C@H](NC(=O)c1ccco1)[C@H](Oc1ccc2c(cnn2-c2ccc(C(=O)O)cc2)c1)c1ccccc1. The Morgan fingerprint density at radius 3 is 2.47 bits per heavy atom. The van der Waals surface area contributed by atoms with Gasteiger partial charge in [0.2, 0.25) is 0 Å². The molecular formula is C28H23N3O5. The normalized spacial score (nSPS) is 12.7. The predicted molar refractivity (Wildman–Crippen MR) is 133 cm³/mol. The lowest BCUT2D eigenvalue weighted by Crippen LogP contribution is -2.39. The van der Waals surface area contributed by atoms with Gasteiger partial charge >= 0.3 is 5.97 Å². The van der Waals surface area contributed by atoms with E-state index in [1.54, 1.807) is 47.3 Å². The Morgan fingerprint density at radius 2 is 1.78 bits per heavy atom. The Hall–Kier alpha value is -4.85. The van der Waals surface area contributed by atoms with Crippen LogP contribution >= 0.6 is 0 Å². The van der Waals surface area contributed by atoms with Crippen molar-refractivity contribution >= 4 is 22.8 Å². The van der Waals surface area contributed by atoms with Crippen LogP contribution in [0.2, 0.25) is 0 Å². The number of fused-ring (bicyclic) bond motifs is 1. The molecule has 5 aromatic rings. The number of carbonyl (C=O) groups excluding carboxylic acids is 1. The zero-order chi connectivity index (χ0) is 25.1. The maximum atomic E-state index is 12.6. The molecule has 2 atom stereocenters. The van der Waals surface area contributed by atoms with Crippen LogP contribution in [0.1, 0.15) is 39.5 Å². The highest BCUT2D eigenvalue weighted by Gasteiger charge is 2.24. The highest BCUT2D eigenvalue weighted by molar-refractivity contribution is 5.91. The van der Waals surface area contributed by atoms with E-state index in [1.807, 2.05) is 55.5 Å². The van der Waals surface area contributed by atoms with E-state index in [1.165, 1.54) is 6.26 Å². The lowest BCUT2D eigenvalue weighted by molar-refractivity contribution is 0.0696. The molecule has 2 N–H and O–H groups in total. The molecule has 36 heavy (non-hydrogen) atoms. The van der Waals surface area contributed by atoms with Gasteiger partial charge in [-0.2, -0.15) is 5.10 Å². The Kier molecular flexibility index (Phi) is 6.23. The van der Waals surface area contributed by atoms with Crippen LogP contribution < -0.4 is 10.1 Å². The second-order valence-corrected chi connectivity index (χ2v) is 8.32. The number of benzene rings is 3. The van der Waals surface area contributed by atoms with Gasteiger partial charge in [-0.15, -0.1) is 0 Å². The summed E-state index contributed by atoms with van der Waals surface area (Å²) < 4.78 is 13.4. The van der Waals surface area contributed by atoms with Gasteiger partial charge in [0.25, 0.3) is 5.91 Å². The molecule has 3 aromatic carbocycles. The number of nitrogens with zero attached hydrogens (tertiary/aromatic N) is 2. The van der Waals surface area contributed by atoms with Crippen molar-refractivity contribution in [1.82, 2.24) is 15.1 Å². The molecule has 0 saturated carbocycles. The number of carboxylic acids is 1. The number of amides is 1. The molecule has 2 aromatic heterocycles. The van der Waals surface area contributed by atoms with Gasteiger partial charge in [-0.1, -0.05) is 30.3 Å². The number of hydrogen-bond acceptors (Lipinski definition) is 5. The molecule has 0 saturated heterocycles. The summed E-state index contributed by atoms with van der Waals surface area (Å²) in [6.07, 6.45) is 2.73. The number of carboxylic acid groups (broad SMARTS) is 1. The number of hydrogen-bond donors (Lipinski definition) is 2. The van der Waals surface area contributed by atoms with Crippen molar-refractivity contribution in [3.8, 4) is 11.4 Å². The second-order valence-electron chi connectivity index (χ2n) is 8.32. The summed E-state index contributed by atoms with van der Waals surface area (Å²) >= 11 is 0. The number of furan rings is 1. The first-order valence-corrected chi connectivity index (χ1v) is 11.4. The molecule has 1 amide bonds. The van der Waals surface area contributed by atoms with E-state index >= 15 is 0 Å². The molecule has 180 valence electrons. The lowest BCUT2D eigenvalue weighted by atomic mass is 10.0. The first-order valence-electron chi connectivity index (χ1n) is 11.4. The minimum atomic E-state index is -0.976. The van der Waals surface area contributed by atoms with Crippen molar-refractivity contribution in [2.75, 3.05) is 0 Å². The Labute approximate surface area is 206 Å². The molecule has 8 nitrogen and oxygen atoms in total. The molecule has 0 radical (unpaired) electrons. The topological polar surface area (TPSA) is 107 Å². The van der Waals surface area contributed by atoms with E-state index < -0.39 is 12.1 Å². The van der Waals surface area contributed by atoms with Gasteiger partial charge in [-0.25, -0.2) is 9.48 Å². The van der Waals surface area contributed by atoms with Crippen molar-refractivity contribution in [3.05, 3.63) is 114 Å². The van der Waals surface area contributed by atoms with Crippen LogP contribution in [-0.4, -0.2) is 32.8 Å². The molecule has 2 heterocycles. The minimum absolute atomic E-state index is 0.214. The molecule has 0 fully saturated rings. The van der Waals surface area contributed by atoms with Gasteiger partial charge in [0.15, 0.2) is 5.76 Å². The third kappa shape index (κ3) is 4.69. The van der Waals surface area contributed by atoms with Crippen molar-refractivity contribution in [2.45, 2.75) is 19.1 Å². The smallest absolute Gasteiger partial charge is 0.335 e. The lowest BCUT2D eigenvalue weighted by Gasteiger charge is -2.26. The van der Waals surface area contributed by atoms with Gasteiger partial charge in [-0.3, -0.25) is 4.79 Å². The maximum absolute atomic E-state index is 12.6. The van der Waals surface area contributed by atoms with Gasteiger partial charge < -0.3 is 19.6 Å². The summed E-state index contributed by atoms with van der Waals surface area (Å²) in [5, 5.41) is 17.4. The van der Waals surface area contributed by atoms with Crippen LogP contribution in [-0.2, 0) is 0 Å². The average molecular weight is 482 g/mol. The van der Waals surface area contributed by atoms with E-state index in [-0.39, 0.29) is 23.3 Å². The van der Waals surface area contributed by atoms with Crippen LogP contribution in [0.15, 0.2) is 102 Å². The third-order valence-corrected chi connectivity index (χ3v) is 5.85. The van der Waals surface area contributed by atoms with Crippen molar-refractivity contribution in [2.24, 2.45) is 0 Å². The third-order valence-electron chi connectivity index (χ3n) is 5.85. The first kappa shape index (κ1) is 22.9. The van der Waals surface area contributed by atoms with Crippen molar-refractivity contribution in [1.29, 1.82) is 0 Å². The van der Waals surface area contributed by atoms with Gasteiger partial charge in [0, 0.05) is 5.39 Å². The molecule has 0 unspecified atom stereocenters. The number of rotatable bonds is 8. The van der Waals surface area contributed by atoms with E-state index in [2.05, 4.69) is 10.4 Å². The number of ether oxygens (including phenoxy) is 1. The summed E-state index contributed by atoms with van der Waals surface area (Å²) in [6, 6.07) is 24.8. The van der Waals surface area contributed by atoms with Crippen LogP contribution in [0, 0.1) is 0 Å². The largest absolute Gasteiger partial charge is 0.484 e. The van der Waals surface area contributed by atoms with Crippen molar-refractivity contribution < 1.29 is 23.8 Å². The van der Waals surface area contributed by atoms with E-state index in [0.29, 0.717) is 5.75 Å². The Bertz CT molecular complexity index is 1490. The van der Waals surface area contributed by atoms with Crippen molar-refractivity contribution in [3.63, 3.8) is 0 Å². The number of aromatic carboxylic acids is 1. The molecule has 0 aliphatic rings. The monoisotopic (exact) mass is 481 g/mol. The molecule has 0 spiro atoms. The van der Waals surface area contributed by atoms with Crippen LogP contribution in [0.5, 0.6) is 5.75 Å². The van der Waals surface area contributed by atoms with E-state index in [9.17, 15) is 9.59 Å². The second kappa shape index (κ2) is 9.79. The summed E-state index contributed by atoms with van der Waals surface area (Å²) in [5.74, 6) is -0.436. The first-order chi connectivity index (χ1) is 17.5. The van der Waals surface area contributed by atoms with Crippen LogP contribution in [0.3, 0.4) is 0 Å². The fourth-order valence-corrected chi connectivity index (χ4v) is 4.04. The van der Waals surface area contributed by atoms with Gasteiger partial charge in [0.1, 0.15) is 11.9 Å². The average Bonchev–Trinajstić information content (AvgIpc) is 3.58. The summed E-state index contributed by atoms with van der Waals surface area (Å²) in [5.41, 5.74) is 2.73. The summed E-state index contributed by atoms with van der Waals surface area (Å²) in [7, 11) is 0. The highest BCUT2D eigenvalue weighted by Crippen LogP contribution is 2.29. The Morgan fingerprint density at radius 1 is 1.00 bits per heavy atom. The number of carbonyl (C=O) groups is 2. The summed E-state index contributed by atoms with van der Waals surface area (Å²) in [4.78, 5) is 23.7. The Balaban J connectivity index is 1.41. The summed E-state index contributed by atoms with van der Waals surface area (Å²) in [6.45, 7) is 1.88. The number of nitrogens with one attached hydrogen (secondary N) is 1. The van der Waals surface area contributed by atoms with Gasteiger partial charge in [-0.05, 0) is 67.1 Å². The predicted octanol–water partition coefficient (Wildman–Crippen LogP) is 5.26. The molecule has 0 aliphatic heterocycles. The fourth-order valence-electron chi connectivity index (χ4n) is 4.04. The molecule has 0 bridgehead atoms. The standard InChI is InChI=1S/C28H23N3O5/c1-18(30-27(32)25-8-5-15-35-25)26(19-6-3-2-4-7-19)36-23-13-14-24-21(16-23)17-29-31(24)22-11-9-20(10-12-22)28(33)34/h2-18,26H,1H3,(H,30,32)(H,33,34)/t18-,26-/m0/s1. The molecular weight excluding hydrogens is 458 g/mol. The van der Waals surface area contributed by atoms with Crippen LogP contribution in [0.25, 0.3) is 16.6 Å². The minimum Gasteiger partial charge on any atom is -0.484 e. The van der Waals surface area contributed by atoms with E-state index in [4.69, 9.17) is 14.3 Å². The number of aromatic nitrogens is 2. The zero-order valence-electron chi connectivity index (χ0n) is 19.4.